The van der Waals surface area contributed by atoms with Crippen LogP contribution in [-0.2, 0) is 4.79 Å². The summed E-state index contributed by atoms with van der Waals surface area (Å²) in [4.78, 5) is 22.7. The van der Waals surface area contributed by atoms with Crippen LogP contribution in [0.1, 0.15) is 5.76 Å². The molecule has 8 heteroatoms. The highest BCUT2D eigenvalue weighted by Crippen LogP contribution is 2.31. The number of hydrogen-bond donors (Lipinski definition) is 1. The van der Waals surface area contributed by atoms with E-state index in [1.54, 1.807) is 42.5 Å². The molecule has 3 rings (SSSR count). The maximum absolute atomic E-state index is 12.2. The summed E-state index contributed by atoms with van der Waals surface area (Å²) >= 11 is 5.81. The van der Waals surface area contributed by atoms with E-state index in [0.29, 0.717) is 17.0 Å². The van der Waals surface area contributed by atoms with E-state index in [1.165, 1.54) is 18.2 Å². The molecule has 0 aliphatic carbocycles. The average Bonchev–Trinajstić information content (AvgIpc) is 3.15. The molecule has 0 fully saturated rings. The molecule has 0 unspecified atom stereocenters. The molecule has 0 aliphatic rings. The van der Waals surface area contributed by atoms with Crippen LogP contribution in [0.15, 0.2) is 70.7 Å². The number of nitrogens with zero attached hydrogens (tertiary/aromatic N) is 2. The van der Waals surface area contributed by atoms with Crippen LogP contribution in [0.3, 0.4) is 0 Å². The van der Waals surface area contributed by atoms with Crippen LogP contribution in [0.4, 0.5) is 11.4 Å². The molecule has 0 bridgehead atoms. The highest BCUT2D eigenvalue weighted by atomic mass is 35.5. The van der Waals surface area contributed by atoms with Crippen molar-refractivity contribution in [2.75, 3.05) is 5.32 Å². The van der Waals surface area contributed by atoms with Crippen LogP contribution in [0.25, 0.3) is 17.4 Å². The Kier molecular flexibility index (Phi) is 5.53. The minimum atomic E-state index is -0.586. The zero-order valence-electron chi connectivity index (χ0n) is 14.3. The summed E-state index contributed by atoms with van der Waals surface area (Å²) in [6.07, 6.45) is 1.30. The first kappa shape index (κ1) is 18.9. The highest BCUT2D eigenvalue weighted by Gasteiger charge is 2.16. The molecule has 0 saturated carbocycles. The Morgan fingerprint density at radius 2 is 1.93 bits per heavy atom. The number of para-hydroxylation sites is 1. The number of carbonyl (C=O) groups excluding carboxylic acids is 1. The summed E-state index contributed by atoms with van der Waals surface area (Å²) in [7, 11) is 0. The monoisotopic (exact) mass is 393 g/mol. The third-order valence-corrected chi connectivity index (χ3v) is 4.06. The van der Waals surface area contributed by atoms with Gasteiger partial charge in [0, 0.05) is 23.4 Å². The zero-order chi connectivity index (χ0) is 20.1. The Morgan fingerprint density at radius 1 is 1.18 bits per heavy atom. The summed E-state index contributed by atoms with van der Waals surface area (Å²) in [5, 5.41) is 22.9. The first-order chi connectivity index (χ1) is 13.5. The highest BCUT2D eigenvalue weighted by molar-refractivity contribution is 6.32. The molecule has 1 N–H and O–H groups in total. The summed E-state index contributed by atoms with van der Waals surface area (Å²) in [5.41, 5.74) is 0.615. The standard InChI is InChI=1S/C20H12ClN3O4/c21-17-8-6-13(11-18(17)24(26)27)19-9-7-16(28-19)10-14(12-22)20(25)23-15-4-2-1-3-5-15/h1-11H,(H,23,25)/b14-10+. The van der Waals surface area contributed by atoms with Crippen LogP contribution < -0.4 is 5.32 Å². The molecule has 0 spiro atoms. The number of nitrogens with one attached hydrogen (secondary N) is 1. The SMILES string of the molecule is N#C/C(=C\c1ccc(-c2ccc(Cl)c([N+](=O)[O-])c2)o1)C(=O)Nc1ccccc1. The smallest absolute Gasteiger partial charge is 0.288 e. The molecule has 138 valence electrons. The van der Waals surface area contributed by atoms with Gasteiger partial charge in [0.25, 0.3) is 11.6 Å². The van der Waals surface area contributed by atoms with Crippen molar-refractivity contribution in [1.82, 2.24) is 0 Å². The number of benzene rings is 2. The van der Waals surface area contributed by atoms with Gasteiger partial charge in [-0.05, 0) is 36.4 Å². The number of hydrogen-bond acceptors (Lipinski definition) is 5. The fourth-order valence-electron chi connectivity index (χ4n) is 2.40. The number of amides is 1. The zero-order valence-corrected chi connectivity index (χ0v) is 15.0. The topological polar surface area (TPSA) is 109 Å². The fourth-order valence-corrected chi connectivity index (χ4v) is 2.59. The number of nitro groups is 1. The van der Waals surface area contributed by atoms with Crippen LogP contribution in [0, 0.1) is 21.4 Å². The average molecular weight is 394 g/mol. The van der Waals surface area contributed by atoms with Gasteiger partial charge in [0.05, 0.1) is 4.92 Å². The molecule has 1 amide bonds. The van der Waals surface area contributed by atoms with Gasteiger partial charge in [-0.15, -0.1) is 0 Å². The first-order valence-corrected chi connectivity index (χ1v) is 8.38. The largest absolute Gasteiger partial charge is 0.457 e. The van der Waals surface area contributed by atoms with Crippen molar-refractivity contribution in [2.24, 2.45) is 0 Å². The van der Waals surface area contributed by atoms with Crippen molar-refractivity contribution in [3.8, 4) is 17.4 Å². The molecule has 2 aromatic carbocycles. The van der Waals surface area contributed by atoms with Gasteiger partial charge >= 0.3 is 0 Å². The van der Waals surface area contributed by atoms with E-state index in [0.717, 1.165) is 0 Å². The second kappa shape index (κ2) is 8.20. The van der Waals surface area contributed by atoms with Crippen molar-refractivity contribution >= 4 is 35.0 Å². The molecule has 0 radical (unpaired) electrons. The van der Waals surface area contributed by atoms with Crippen molar-refractivity contribution < 1.29 is 14.1 Å². The number of halogens is 1. The van der Waals surface area contributed by atoms with Crippen molar-refractivity contribution in [2.45, 2.75) is 0 Å². The van der Waals surface area contributed by atoms with E-state index in [-0.39, 0.29) is 22.0 Å². The minimum Gasteiger partial charge on any atom is -0.457 e. The lowest BCUT2D eigenvalue weighted by molar-refractivity contribution is -0.384. The predicted molar refractivity (Wildman–Crippen MR) is 104 cm³/mol. The summed E-state index contributed by atoms with van der Waals surface area (Å²) in [6.45, 7) is 0. The van der Waals surface area contributed by atoms with Gasteiger partial charge in [-0.25, -0.2) is 0 Å². The van der Waals surface area contributed by atoms with Crippen molar-refractivity contribution in [1.29, 1.82) is 5.26 Å². The van der Waals surface area contributed by atoms with E-state index in [4.69, 9.17) is 16.0 Å². The van der Waals surface area contributed by atoms with E-state index in [9.17, 15) is 20.2 Å². The van der Waals surface area contributed by atoms with E-state index in [2.05, 4.69) is 5.32 Å². The maximum Gasteiger partial charge on any atom is 0.288 e. The lowest BCUT2D eigenvalue weighted by Crippen LogP contribution is -2.13. The number of nitro benzene ring substituents is 1. The van der Waals surface area contributed by atoms with Gasteiger partial charge in [-0.3, -0.25) is 14.9 Å². The second-order valence-electron chi connectivity index (χ2n) is 5.62. The van der Waals surface area contributed by atoms with E-state index in [1.807, 2.05) is 12.1 Å². The lowest BCUT2D eigenvalue weighted by atomic mass is 10.1. The van der Waals surface area contributed by atoms with Gasteiger partial charge in [0.1, 0.15) is 28.2 Å². The van der Waals surface area contributed by atoms with Gasteiger partial charge in [0.2, 0.25) is 0 Å². The Morgan fingerprint density at radius 3 is 2.61 bits per heavy atom. The lowest BCUT2D eigenvalue weighted by Gasteiger charge is -2.03. The van der Waals surface area contributed by atoms with Gasteiger partial charge in [-0.1, -0.05) is 29.8 Å². The Hall–Kier alpha value is -3.89. The fraction of sp³-hybridized carbons (Fsp3) is 0. The summed E-state index contributed by atoms with van der Waals surface area (Å²) < 4.78 is 5.60. The van der Waals surface area contributed by atoms with Gasteiger partial charge < -0.3 is 9.73 Å². The molecule has 0 atom stereocenters. The van der Waals surface area contributed by atoms with E-state index < -0.39 is 10.8 Å². The third kappa shape index (κ3) is 4.26. The summed E-state index contributed by atoms with van der Waals surface area (Å²) in [5.74, 6) is 0.0212. The molecule has 28 heavy (non-hydrogen) atoms. The number of anilines is 1. The number of rotatable bonds is 5. The third-order valence-electron chi connectivity index (χ3n) is 3.74. The van der Waals surface area contributed by atoms with Gasteiger partial charge in [-0.2, -0.15) is 5.26 Å². The number of nitriles is 1. The van der Waals surface area contributed by atoms with Gasteiger partial charge in [0.15, 0.2) is 0 Å². The van der Waals surface area contributed by atoms with Crippen LogP contribution in [0.5, 0.6) is 0 Å². The molecule has 0 saturated heterocycles. The molecule has 0 aliphatic heterocycles. The molecular formula is C20H12ClN3O4. The van der Waals surface area contributed by atoms with E-state index >= 15 is 0 Å². The van der Waals surface area contributed by atoms with Crippen LogP contribution in [-0.4, -0.2) is 10.8 Å². The quantitative estimate of drug-likeness (QED) is 0.282. The minimum absolute atomic E-state index is 0.0183. The number of furan rings is 1. The molecular weight excluding hydrogens is 382 g/mol. The molecule has 1 aromatic heterocycles. The van der Waals surface area contributed by atoms with Crippen molar-refractivity contribution in [3.05, 3.63) is 87.1 Å². The molecule has 1 heterocycles. The maximum atomic E-state index is 12.2. The second-order valence-corrected chi connectivity index (χ2v) is 6.02. The normalized spacial score (nSPS) is 10.9. The molecule has 7 nitrogen and oxygen atoms in total. The van der Waals surface area contributed by atoms with Crippen molar-refractivity contribution in [3.63, 3.8) is 0 Å². The summed E-state index contributed by atoms with van der Waals surface area (Å²) in [6, 6.07) is 18.0. The van der Waals surface area contributed by atoms with Crippen LogP contribution in [0.2, 0.25) is 5.02 Å². The van der Waals surface area contributed by atoms with Crippen LogP contribution >= 0.6 is 11.6 Å². The Bertz CT molecular complexity index is 1110. The first-order valence-electron chi connectivity index (χ1n) is 8.00. The number of carbonyl (C=O) groups is 1. The Balaban J connectivity index is 1.84. The predicted octanol–water partition coefficient (Wildman–Crippen LogP) is 5.05. The molecule has 3 aromatic rings. The Labute approximate surface area is 164 Å².